The topological polar surface area (TPSA) is 63.6 Å². The highest BCUT2D eigenvalue weighted by Crippen LogP contribution is 2.49. The van der Waals surface area contributed by atoms with Gasteiger partial charge < -0.3 is 9.84 Å². The number of carbonyl (C=O) groups excluding carboxylic acids is 1. The monoisotopic (exact) mass is 298 g/mol. The van der Waals surface area contributed by atoms with Crippen LogP contribution in [-0.2, 0) is 14.3 Å². The highest BCUT2D eigenvalue weighted by molar-refractivity contribution is 5.85. The molecule has 1 N–H and O–H groups in total. The van der Waals surface area contributed by atoms with E-state index in [4.69, 9.17) is 4.74 Å². The third-order valence-electron chi connectivity index (χ3n) is 5.07. The van der Waals surface area contributed by atoms with E-state index in [1.807, 2.05) is 13.8 Å². The fraction of sp³-hybridized carbons (Fsp3) is 0.882. The molecule has 4 nitrogen and oxygen atoms in total. The summed E-state index contributed by atoms with van der Waals surface area (Å²) in [5.41, 5.74) is -0.849. The van der Waals surface area contributed by atoms with Gasteiger partial charge in [0.2, 0.25) is 0 Å². The molecule has 4 heteroatoms. The molecule has 2 unspecified atom stereocenters. The van der Waals surface area contributed by atoms with Gasteiger partial charge in [0.05, 0.1) is 17.9 Å². The molecule has 0 aromatic carbocycles. The molecule has 1 aliphatic carbocycles. The fourth-order valence-corrected chi connectivity index (χ4v) is 4.05. The van der Waals surface area contributed by atoms with Gasteiger partial charge in [0.15, 0.2) is 0 Å². The molecule has 1 fully saturated rings. The second kappa shape index (κ2) is 8.40. The lowest BCUT2D eigenvalue weighted by Crippen LogP contribution is -2.49. The van der Waals surface area contributed by atoms with E-state index >= 15 is 0 Å². The number of carbonyl (C=O) groups is 2. The number of hydrogen-bond acceptors (Lipinski definition) is 3. The molecule has 1 saturated carbocycles. The Hall–Kier alpha value is -1.06. The van der Waals surface area contributed by atoms with Crippen LogP contribution >= 0.6 is 0 Å². The van der Waals surface area contributed by atoms with Crippen molar-refractivity contribution in [2.75, 3.05) is 6.61 Å². The highest BCUT2D eigenvalue weighted by atomic mass is 16.5. The predicted octanol–water partition coefficient (Wildman–Crippen LogP) is 4.03. The van der Waals surface area contributed by atoms with E-state index in [9.17, 15) is 14.7 Å². The molecule has 0 spiro atoms. The summed E-state index contributed by atoms with van der Waals surface area (Å²) < 4.78 is 5.33. The van der Waals surface area contributed by atoms with Gasteiger partial charge in [-0.05, 0) is 38.5 Å². The average Bonchev–Trinajstić information content (AvgIpc) is 2.48. The van der Waals surface area contributed by atoms with Crippen LogP contribution in [0, 0.1) is 17.3 Å². The van der Waals surface area contributed by atoms with Crippen molar-refractivity contribution in [2.24, 2.45) is 17.3 Å². The summed E-state index contributed by atoms with van der Waals surface area (Å²) in [5.74, 6) is -1.63. The number of rotatable bonds is 8. The lowest BCUT2D eigenvalue weighted by Gasteiger charge is -2.43. The quantitative estimate of drug-likeness (QED) is 0.687. The number of carboxylic acid groups (broad SMARTS) is 1. The number of ether oxygens (including phenoxy) is 1. The summed E-state index contributed by atoms with van der Waals surface area (Å²) >= 11 is 0. The molecule has 1 rings (SSSR count). The molecule has 0 heterocycles. The number of carboxylic acids is 1. The third-order valence-corrected chi connectivity index (χ3v) is 5.07. The lowest BCUT2D eigenvalue weighted by molar-refractivity contribution is -0.174. The van der Waals surface area contributed by atoms with E-state index in [1.165, 1.54) is 6.42 Å². The van der Waals surface area contributed by atoms with Crippen LogP contribution in [0.3, 0.4) is 0 Å². The minimum absolute atomic E-state index is 0.142. The minimum Gasteiger partial charge on any atom is -0.481 e. The Morgan fingerprint density at radius 1 is 1.19 bits per heavy atom. The second-order valence-corrected chi connectivity index (χ2v) is 6.13. The van der Waals surface area contributed by atoms with Crippen LogP contribution in [0.1, 0.15) is 72.1 Å². The Morgan fingerprint density at radius 3 is 2.24 bits per heavy atom. The van der Waals surface area contributed by atoms with Crippen LogP contribution in [0.15, 0.2) is 0 Å². The number of hydrogen-bond donors (Lipinski definition) is 1. The van der Waals surface area contributed by atoms with Gasteiger partial charge in [0, 0.05) is 0 Å². The zero-order chi connectivity index (χ0) is 15.9. The van der Waals surface area contributed by atoms with Crippen LogP contribution in [0.5, 0.6) is 0 Å². The van der Waals surface area contributed by atoms with Crippen molar-refractivity contribution in [1.82, 2.24) is 0 Å². The molecule has 2 atom stereocenters. The molecule has 21 heavy (non-hydrogen) atoms. The van der Waals surface area contributed by atoms with E-state index in [0.29, 0.717) is 19.4 Å². The summed E-state index contributed by atoms with van der Waals surface area (Å²) in [6, 6.07) is 0. The van der Waals surface area contributed by atoms with Crippen molar-refractivity contribution in [3.63, 3.8) is 0 Å². The molecular weight excluding hydrogens is 268 g/mol. The van der Waals surface area contributed by atoms with Gasteiger partial charge in [0.1, 0.15) is 0 Å². The van der Waals surface area contributed by atoms with E-state index in [2.05, 4.69) is 0 Å². The van der Waals surface area contributed by atoms with Crippen LogP contribution in [0.2, 0.25) is 0 Å². The fourth-order valence-electron chi connectivity index (χ4n) is 4.05. The molecule has 0 aromatic heterocycles. The molecule has 0 aromatic rings. The Kier molecular flexibility index (Phi) is 7.20. The SMILES string of the molecule is CCCC(C(=O)O)C(CC)(C(=O)OCC)C1CCCCC1. The Balaban J connectivity index is 3.21. The van der Waals surface area contributed by atoms with E-state index in [0.717, 1.165) is 32.1 Å². The molecular formula is C17H30O4. The smallest absolute Gasteiger partial charge is 0.313 e. The zero-order valence-corrected chi connectivity index (χ0v) is 13.7. The van der Waals surface area contributed by atoms with Crippen LogP contribution in [0.25, 0.3) is 0 Å². The van der Waals surface area contributed by atoms with Gasteiger partial charge in [-0.3, -0.25) is 9.59 Å². The maximum absolute atomic E-state index is 12.7. The molecule has 0 radical (unpaired) electrons. The number of esters is 1. The molecule has 0 saturated heterocycles. The van der Waals surface area contributed by atoms with Gasteiger partial charge in [-0.15, -0.1) is 0 Å². The van der Waals surface area contributed by atoms with Gasteiger partial charge in [-0.2, -0.15) is 0 Å². The maximum atomic E-state index is 12.7. The van der Waals surface area contributed by atoms with Crippen molar-refractivity contribution in [3.8, 4) is 0 Å². The summed E-state index contributed by atoms with van der Waals surface area (Å²) in [4.78, 5) is 24.6. The van der Waals surface area contributed by atoms with Crippen LogP contribution in [0.4, 0.5) is 0 Å². The van der Waals surface area contributed by atoms with Crippen LogP contribution in [-0.4, -0.2) is 23.7 Å². The van der Waals surface area contributed by atoms with E-state index in [-0.39, 0.29) is 11.9 Å². The minimum atomic E-state index is -0.850. The van der Waals surface area contributed by atoms with Crippen molar-refractivity contribution in [2.45, 2.75) is 72.1 Å². The third kappa shape index (κ3) is 3.78. The van der Waals surface area contributed by atoms with E-state index < -0.39 is 17.3 Å². The molecule has 0 aliphatic heterocycles. The van der Waals surface area contributed by atoms with Gasteiger partial charge >= 0.3 is 11.9 Å². The predicted molar refractivity (Wildman–Crippen MR) is 82.0 cm³/mol. The van der Waals surface area contributed by atoms with Crippen LogP contribution < -0.4 is 0 Å². The summed E-state index contributed by atoms with van der Waals surface area (Å²) in [6.07, 6.45) is 7.11. The number of aliphatic carboxylic acids is 1. The van der Waals surface area contributed by atoms with Gasteiger partial charge in [0.25, 0.3) is 0 Å². The Bertz CT molecular complexity index is 347. The van der Waals surface area contributed by atoms with Crippen molar-refractivity contribution < 1.29 is 19.4 Å². The highest BCUT2D eigenvalue weighted by Gasteiger charge is 2.53. The Morgan fingerprint density at radius 2 is 1.81 bits per heavy atom. The Labute approximate surface area is 128 Å². The first-order valence-electron chi connectivity index (χ1n) is 8.44. The van der Waals surface area contributed by atoms with Gasteiger partial charge in [-0.1, -0.05) is 39.5 Å². The normalized spacial score (nSPS) is 20.5. The zero-order valence-electron chi connectivity index (χ0n) is 13.7. The largest absolute Gasteiger partial charge is 0.481 e. The molecule has 122 valence electrons. The average molecular weight is 298 g/mol. The van der Waals surface area contributed by atoms with Crippen molar-refractivity contribution >= 4 is 11.9 Å². The molecule has 1 aliphatic rings. The van der Waals surface area contributed by atoms with Gasteiger partial charge in [-0.25, -0.2) is 0 Å². The lowest BCUT2D eigenvalue weighted by atomic mass is 9.59. The second-order valence-electron chi connectivity index (χ2n) is 6.13. The maximum Gasteiger partial charge on any atom is 0.313 e. The first-order valence-corrected chi connectivity index (χ1v) is 8.44. The molecule has 0 amide bonds. The van der Waals surface area contributed by atoms with Crippen molar-refractivity contribution in [3.05, 3.63) is 0 Å². The van der Waals surface area contributed by atoms with Crippen molar-refractivity contribution in [1.29, 1.82) is 0 Å². The van der Waals surface area contributed by atoms with E-state index in [1.54, 1.807) is 6.92 Å². The molecule has 0 bridgehead atoms. The first kappa shape index (κ1) is 18.0. The summed E-state index contributed by atoms with van der Waals surface area (Å²) in [6.45, 7) is 6.01. The first-order chi connectivity index (χ1) is 10.0. The summed E-state index contributed by atoms with van der Waals surface area (Å²) in [5, 5.41) is 9.71. The summed E-state index contributed by atoms with van der Waals surface area (Å²) in [7, 11) is 0. The standard InChI is InChI=1S/C17H30O4/c1-4-10-14(15(18)19)17(5-2,16(20)21-6-3)13-11-8-7-9-12-13/h13-14H,4-12H2,1-3H3,(H,18,19).